The van der Waals surface area contributed by atoms with Crippen molar-refractivity contribution in [3.8, 4) is 0 Å². The first-order valence-corrected chi connectivity index (χ1v) is 7.27. The number of carbonyl (C=O) groups is 2. The van der Waals surface area contributed by atoms with Gasteiger partial charge in [0.1, 0.15) is 0 Å². The quantitative estimate of drug-likeness (QED) is 0.883. The summed E-state index contributed by atoms with van der Waals surface area (Å²) in [5.41, 5.74) is 8.27. The molecule has 1 aromatic carbocycles. The lowest BCUT2D eigenvalue weighted by Gasteiger charge is -2.30. The van der Waals surface area contributed by atoms with E-state index < -0.39 is 5.97 Å². The monoisotopic (exact) mass is 290 g/mol. The highest BCUT2D eigenvalue weighted by Gasteiger charge is 2.23. The summed E-state index contributed by atoms with van der Waals surface area (Å²) in [6.07, 6.45) is 1.10. The van der Waals surface area contributed by atoms with Crippen molar-refractivity contribution in [1.82, 2.24) is 4.90 Å². The molecule has 1 atom stereocenters. The molecule has 0 saturated carbocycles. The van der Waals surface area contributed by atoms with Crippen LogP contribution in [0.2, 0.25) is 0 Å². The van der Waals surface area contributed by atoms with E-state index in [0.29, 0.717) is 19.5 Å². The van der Waals surface area contributed by atoms with Crippen molar-refractivity contribution in [1.29, 1.82) is 0 Å². The first-order chi connectivity index (χ1) is 9.88. The third-order valence-electron chi connectivity index (χ3n) is 4.08. The third kappa shape index (κ3) is 3.61. The summed E-state index contributed by atoms with van der Waals surface area (Å²) in [4.78, 5) is 25.1. The molecule has 2 rings (SSSR count). The Labute approximate surface area is 124 Å². The molecular weight excluding hydrogens is 268 g/mol. The molecule has 0 saturated heterocycles. The summed E-state index contributed by atoms with van der Waals surface area (Å²) in [6.45, 7) is 5.15. The van der Waals surface area contributed by atoms with Gasteiger partial charge in [-0.25, -0.2) is 4.79 Å². The molecule has 1 heterocycles. The van der Waals surface area contributed by atoms with E-state index in [4.69, 9.17) is 10.8 Å². The Balaban J connectivity index is 2.09. The van der Waals surface area contributed by atoms with E-state index in [1.807, 2.05) is 19.9 Å². The fraction of sp³-hybridized carbons (Fsp3) is 0.500. The number of carboxylic acids is 1. The van der Waals surface area contributed by atoms with Crippen molar-refractivity contribution in [3.05, 3.63) is 34.9 Å². The Morgan fingerprint density at radius 2 is 2.05 bits per heavy atom. The van der Waals surface area contributed by atoms with Gasteiger partial charge in [-0.1, -0.05) is 19.9 Å². The highest BCUT2D eigenvalue weighted by Crippen LogP contribution is 2.21. The summed E-state index contributed by atoms with van der Waals surface area (Å²) in [5, 5.41) is 9.04. The number of fused-ring (bicyclic) bond motifs is 1. The van der Waals surface area contributed by atoms with Gasteiger partial charge in [0.2, 0.25) is 5.91 Å². The second-order valence-electron chi connectivity index (χ2n) is 5.97. The van der Waals surface area contributed by atoms with Crippen LogP contribution in [0.5, 0.6) is 0 Å². The highest BCUT2D eigenvalue weighted by molar-refractivity contribution is 5.88. The average molecular weight is 290 g/mol. The molecule has 0 aromatic heterocycles. The Bertz CT molecular complexity index is 554. The van der Waals surface area contributed by atoms with Crippen LogP contribution < -0.4 is 5.73 Å². The zero-order valence-electron chi connectivity index (χ0n) is 12.5. The molecule has 1 unspecified atom stereocenters. The fourth-order valence-corrected chi connectivity index (χ4v) is 2.47. The average Bonchev–Trinajstić information content (AvgIpc) is 2.45. The standard InChI is InChI=1S/C16H22N2O3/c1-10(2)14(17)8-15(19)18-6-5-11-3-4-12(16(20)21)7-13(11)9-18/h3-4,7,10,14H,5-6,8-9,17H2,1-2H3,(H,20,21). The zero-order chi connectivity index (χ0) is 15.6. The van der Waals surface area contributed by atoms with Crippen LogP contribution in [0.3, 0.4) is 0 Å². The van der Waals surface area contributed by atoms with Gasteiger partial charge in [-0.3, -0.25) is 4.79 Å². The van der Waals surface area contributed by atoms with E-state index in [1.54, 1.807) is 17.0 Å². The Morgan fingerprint density at radius 3 is 2.67 bits per heavy atom. The topological polar surface area (TPSA) is 83.6 Å². The van der Waals surface area contributed by atoms with Crippen molar-refractivity contribution in [3.63, 3.8) is 0 Å². The molecule has 1 aliphatic rings. The minimum Gasteiger partial charge on any atom is -0.478 e. The van der Waals surface area contributed by atoms with E-state index in [0.717, 1.165) is 17.5 Å². The molecule has 0 aliphatic carbocycles. The number of hydrogen-bond acceptors (Lipinski definition) is 3. The lowest BCUT2D eigenvalue weighted by molar-refractivity contribution is -0.132. The van der Waals surface area contributed by atoms with Gasteiger partial charge >= 0.3 is 5.97 Å². The zero-order valence-corrected chi connectivity index (χ0v) is 12.5. The van der Waals surface area contributed by atoms with E-state index >= 15 is 0 Å². The van der Waals surface area contributed by atoms with Gasteiger partial charge in [-0.05, 0) is 35.6 Å². The number of carboxylic acid groups (broad SMARTS) is 1. The maximum absolute atomic E-state index is 12.3. The fourth-order valence-electron chi connectivity index (χ4n) is 2.47. The molecular formula is C16H22N2O3. The number of rotatable bonds is 4. The smallest absolute Gasteiger partial charge is 0.335 e. The summed E-state index contributed by atoms with van der Waals surface area (Å²) in [7, 11) is 0. The summed E-state index contributed by atoms with van der Waals surface area (Å²) in [6, 6.07) is 5.00. The molecule has 114 valence electrons. The van der Waals surface area contributed by atoms with Crippen LogP contribution in [-0.4, -0.2) is 34.5 Å². The Hall–Kier alpha value is -1.88. The highest BCUT2D eigenvalue weighted by atomic mass is 16.4. The number of hydrogen-bond donors (Lipinski definition) is 2. The molecule has 5 heteroatoms. The number of benzene rings is 1. The van der Waals surface area contributed by atoms with Gasteiger partial charge in [0.05, 0.1) is 5.56 Å². The molecule has 3 N–H and O–H groups in total. The van der Waals surface area contributed by atoms with Crippen LogP contribution in [-0.2, 0) is 17.8 Å². The molecule has 0 spiro atoms. The predicted octanol–water partition coefficient (Wildman–Crippen LogP) is 1.64. The lowest BCUT2D eigenvalue weighted by Crippen LogP contribution is -2.40. The van der Waals surface area contributed by atoms with Crippen LogP contribution in [0.4, 0.5) is 0 Å². The van der Waals surface area contributed by atoms with Crippen molar-refractivity contribution < 1.29 is 14.7 Å². The minimum absolute atomic E-state index is 0.0441. The number of carbonyl (C=O) groups excluding carboxylic acids is 1. The van der Waals surface area contributed by atoms with Crippen LogP contribution in [0.25, 0.3) is 0 Å². The van der Waals surface area contributed by atoms with Crippen molar-refractivity contribution in [2.24, 2.45) is 11.7 Å². The van der Waals surface area contributed by atoms with Crippen LogP contribution in [0.15, 0.2) is 18.2 Å². The molecule has 0 fully saturated rings. The molecule has 0 bridgehead atoms. The molecule has 1 aromatic rings. The maximum atomic E-state index is 12.3. The molecule has 21 heavy (non-hydrogen) atoms. The first kappa shape index (κ1) is 15.5. The Kier molecular flexibility index (Phi) is 4.63. The van der Waals surface area contributed by atoms with Gasteiger partial charge in [0.15, 0.2) is 0 Å². The van der Waals surface area contributed by atoms with Crippen LogP contribution >= 0.6 is 0 Å². The number of aromatic carboxylic acids is 1. The van der Waals surface area contributed by atoms with Crippen molar-refractivity contribution >= 4 is 11.9 Å². The molecule has 0 radical (unpaired) electrons. The third-order valence-corrected chi connectivity index (χ3v) is 4.08. The van der Waals surface area contributed by atoms with Crippen molar-refractivity contribution in [2.45, 2.75) is 39.3 Å². The molecule has 5 nitrogen and oxygen atoms in total. The molecule has 1 aliphatic heterocycles. The van der Waals surface area contributed by atoms with Gasteiger partial charge in [0.25, 0.3) is 0 Å². The van der Waals surface area contributed by atoms with Gasteiger partial charge in [-0.15, -0.1) is 0 Å². The van der Waals surface area contributed by atoms with Gasteiger partial charge < -0.3 is 15.7 Å². The maximum Gasteiger partial charge on any atom is 0.335 e. The van der Waals surface area contributed by atoms with Crippen LogP contribution in [0.1, 0.15) is 41.8 Å². The summed E-state index contributed by atoms with van der Waals surface area (Å²) < 4.78 is 0. The number of nitrogens with zero attached hydrogens (tertiary/aromatic N) is 1. The number of nitrogens with two attached hydrogens (primary N) is 1. The van der Waals surface area contributed by atoms with Crippen LogP contribution in [0, 0.1) is 5.92 Å². The van der Waals surface area contributed by atoms with E-state index in [9.17, 15) is 9.59 Å². The minimum atomic E-state index is -0.942. The summed E-state index contributed by atoms with van der Waals surface area (Å²) >= 11 is 0. The number of amides is 1. The van der Waals surface area contributed by atoms with E-state index in [1.165, 1.54) is 0 Å². The summed E-state index contributed by atoms with van der Waals surface area (Å²) in [5.74, 6) is -0.629. The van der Waals surface area contributed by atoms with E-state index in [2.05, 4.69) is 0 Å². The first-order valence-electron chi connectivity index (χ1n) is 7.27. The predicted molar refractivity (Wildman–Crippen MR) is 80.0 cm³/mol. The molecule has 1 amide bonds. The SMILES string of the molecule is CC(C)C(N)CC(=O)N1CCc2ccc(C(=O)O)cc2C1. The second-order valence-corrected chi connectivity index (χ2v) is 5.97. The second kappa shape index (κ2) is 6.26. The van der Waals surface area contributed by atoms with Gasteiger partial charge in [0, 0.05) is 25.6 Å². The largest absolute Gasteiger partial charge is 0.478 e. The van der Waals surface area contributed by atoms with E-state index in [-0.39, 0.29) is 23.4 Å². The van der Waals surface area contributed by atoms with Crippen molar-refractivity contribution in [2.75, 3.05) is 6.54 Å². The Morgan fingerprint density at radius 1 is 1.33 bits per heavy atom. The lowest BCUT2D eigenvalue weighted by atomic mass is 9.96. The normalized spacial score (nSPS) is 15.7. The van der Waals surface area contributed by atoms with Gasteiger partial charge in [-0.2, -0.15) is 0 Å².